The highest BCUT2D eigenvalue weighted by Gasteiger charge is 2.19. The summed E-state index contributed by atoms with van der Waals surface area (Å²) in [7, 11) is 1.68. The number of nitrogens with two attached hydrogens (primary N) is 1. The number of anilines is 2. The van der Waals surface area contributed by atoms with E-state index in [9.17, 15) is 4.79 Å². The van der Waals surface area contributed by atoms with Crippen LogP contribution in [0.1, 0.15) is 23.1 Å². The van der Waals surface area contributed by atoms with Gasteiger partial charge in [0.05, 0.1) is 11.4 Å². The minimum Gasteiger partial charge on any atom is -0.395 e. The Kier molecular flexibility index (Phi) is 3.71. The highest BCUT2D eigenvalue weighted by molar-refractivity contribution is 6.30. The maximum atomic E-state index is 12.2. The molecule has 0 aliphatic heterocycles. The minimum absolute atomic E-state index is 0.318. The molecular formula is C12H14ClN5O. The lowest BCUT2D eigenvalue weighted by Crippen LogP contribution is -2.18. The quantitative estimate of drug-likeness (QED) is 0.898. The van der Waals surface area contributed by atoms with Crippen LogP contribution in [0, 0.1) is 0 Å². The first-order valence-corrected chi connectivity index (χ1v) is 6.15. The van der Waals surface area contributed by atoms with Gasteiger partial charge in [-0.2, -0.15) is 5.10 Å². The summed E-state index contributed by atoms with van der Waals surface area (Å²) in [6.07, 6.45) is 2.18. The molecule has 0 saturated carbocycles. The third-order valence-corrected chi connectivity index (χ3v) is 2.91. The topological polar surface area (TPSA) is 85.8 Å². The highest BCUT2D eigenvalue weighted by Crippen LogP contribution is 2.19. The standard InChI is InChI=1S/C12H14ClN5O/c1-3-8-10(14)11(18(2)17-8)12(19)16-9-6-7(13)4-5-15-9/h4-6H,3,14H2,1-2H3,(H,15,16,19). The predicted octanol–water partition coefficient (Wildman–Crippen LogP) is 1.87. The van der Waals surface area contributed by atoms with Crippen molar-refractivity contribution in [3.05, 3.63) is 34.7 Å². The van der Waals surface area contributed by atoms with Crippen LogP contribution in [0.5, 0.6) is 0 Å². The number of nitrogens with zero attached hydrogens (tertiary/aromatic N) is 3. The molecule has 2 aromatic rings. The lowest BCUT2D eigenvalue weighted by atomic mass is 10.2. The summed E-state index contributed by atoms with van der Waals surface area (Å²) < 4.78 is 1.47. The number of aromatic nitrogens is 3. The Morgan fingerprint density at radius 1 is 1.58 bits per heavy atom. The van der Waals surface area contributed by atoms with Crippen LogP contribution in [-0.4, -0.2) is 20.7 Å². The lowest BCUT2D eigenvalue weighted by Gasteiger charge is -2.05. The Morgan fingerprint density at radius 3 is 2.89 bits per heavy atom. The van der Waals surface area contributed by atoms with Crippen LogP contribution in [0.3, 0.4) is 0 Å². The van der Waals surface area contributed by atoms with Gasteiger partial charge in [0.25, 0.3) is 5.91 Å². The van der Waals surface area contributed by atoms with Crippen LogP contribution in [0.15, 0.2) is 18.3 Å². The summed E-state index contributed by atoms with van der Waals surface area (Å²) in [4.78, 5) is 16.2. The predicted molar refractivity (Wildman–Crippen MR) is 74.2 cm³/mol. The van der Waals surface area contributed by atoms with Crippen molar-refractivity contribution in [2.45, 2.75) is 13.3 Å². The molecule has 2 heterocycles. The summed E-state index contributed by atoms with van der Waals surface area (Å²) in [6.45, 7) is 1.93. The average Bonchev–Trinajstić information content (AvgIpc) is 2.64. The fourth-order valence-electron chi connectivity index (χ4n) is 1.78. The largest absolute Gasteiger partial charge is 0.395 e. The van der Waals surface area contributed by atoms with E-state index in [4.69, 9.17) is 17.3 Å². The van der Waals surface area contributed by atoms with Crippen molar-refractivity contribution in [2.75, 3.05) is 11.1 Å². The molecule has 100 valence electrons. The van der Waals surface area contributed by atoms with E-state index >= 15 is 0 Å². The van der Waals surface area contributed by atoms with E-state index in [-0.39, 0.29) is 5.91 Å². The van der Waals surface area contributed by atoms with Gasteiger partial charge in [0.2, 0.25) is 0 Å². The van der Waals surface area contributed by atoms with E-state index in [2.05, 4.69) is 15.4 Å². The molecule has 0 saturated heterocycles. The fourth-order valence-corrected chi connectivity index (χ4v) is 1.93. The SMILES string of the molecule is CCc1nn(C)c(C(=O)Nc2cc(Cl)ccn2)c1N. The van der Waals surface area contributed by atoms with Gasteiger partial charge in [-0.15, -0.1) is 0 Å². The molecule has 2 rings (SSSR count). The summed E-state index contributed by atoms with van der Waals surface area (Å²) >= 11 is 5.83. The zero-order valence-electron chi connectivity index (χ0n) is 10.6. The molecule has 0 bridgehead atoms. The maximum absolute atomic E-state index is 12.2. The molecule has 0 unspecified atom stereocenters. The number of carbonyl (C=O) groups excluding carboxylic acids is 1. The first-order chi connectivity index (χ1) is 9.02. The lowest BCUT2D eigenvalue weighted by molar-refractivity contribution is 0.101. The summed E-state index contributed by atoms with van der Waals surface area (Å²) in [5.74, 6) is 0.0121. The highest BCUT2D eigenvalue weighted by atomic mass is 35.5. The molecule has 0 atom stereocenters. The molecule has 3 N–H and O–H groups in total. The second-order valence-corrected chi connectivity index (χ2v) is 4.44. The number of amides is 1. The number of hydrogen-bond donors (Lipinski definition) is 2. The Balaban J connectivity index is 2.28. The minimum atomic E-state index is -0.359. The molecule has 0 fully saturated rings. The van der Waals surface area contributed by atoms with E-state index in [1.54, 1.807) is 19.2 Å². The van der Waals surface area contributed by atoms with E-state index in [1.807, 2.05) is 6.92 Å². The van der Waals surface area contributed by atoms with Gasteiger partial charge in [0.15, 0.2) is 0 Å². The molecule has 0 aliphatic rings. The molecule has 0 radical (unpaired) electrons. The van der Waals surface area contributed by atoms with Crippen LogP contribution in [0.2, 0.25) is 5.02 Å². The number of aryl methyl sites for hydroxylation is 2. The molecular weight excluding hydrogens is 266 g/mol. The Hall–Kier alpha value is -2.08. The number of pyridine rings is 1. The van der Waals surface area contributed by atoms with Crippen LogP contribution in [-0.2, 0) is 13.5 Å². The van der Waals surface area contributed by atoms with Crippen LogP contribution in [0.4, 0.5) is 11.5 Å². The number of nitrogen functional groups attached to an aromatic ring is 1. The van der Waals surface area contributed by atoms with E-state index in [0.29, 0.717) is 34.3 Å². The third-order valence-electron chi connectivity index (χ3n) is 2.67. The van der Waals surface area contributed by atoms with Gasteiger partial charge in [-0.3, -0.25) is 9.48 Å². The summed E-state index contributed by atoms with van der Waals surface area (Å²) in [5, 5.41) is 7.33. The second kappa shape index (κ2) is 5.27. The van der Waals surface area contributed by atoms with Gasteiger partial charge in [0, 0.05) is 18.3 Å². The number of rotatable bonds is 3. The Labute approximate surface area is 115 Å². The maximum Gasteiger partial charge on any atom is 0.277 e. The number of halogens is 1. The van der Waals surface area contributed by atoms with Crippen LogP contribution in [0.25, 0.3) is 0 Å². The normalized spacial score (nSPS) is 10.5. The van der Waals surface area contributed by atoms with E-state index < -0.39 is 0 Å². The van der Waals surface area contributed by atoms with Crippen molar-refractivity contribution >= 4 is 29.0 Å². The number of nitrogens with one attached hydrogen (secondary N) is 1. The first-order valence-electron chi connectivity index (χ1n) is 5.77. The van der Waals surface area contributed by atoms with Crippen molar-refractivity contribution in [2.24, 2.45) is 7.05 Å². The van der Waals surface area contributed by atoms with Gasteiger partial charge < -0.3 is 11.1 Å². The number of hydrogen-bond acceptors (Lipinski definition) is 4. The van der Waals surface area contributed by atoms with Crippen molar-refractivity contribution in [3.63, 3.8) is 0 Å². The first kappa shape index (κ1) is 13.4. The van der Waals surface area contributed by atoms with Gasteiger partial charge >= 0.3 is 0 Å². The molecule has 19 heavy (non-hydrogen) atoms. The summed E-state index contributed by atoms with van der Waals surface area (Å²) in [6, 6.07) is 3.19. The van der Waals surface area contributed by atoms with Gasteiger partial charge in [-0.25, -0.2) is 4.98 Å². The molecule has 0 aliphatic carbocycles. The molecule has 1 amide bonds. The molecule has 0 aromatic carbocycles. The zero-order chi connectivity index (χ0) is 14.0. The van der Waals surface area contributed by atoms with Gasteiger partial charge in [-0.1, -0.05) is 18.5 Å². The molecule has 0 spiro atoms. The molecule has 7 heteroatoms. The second-order valence-electron chi connectivity index (χ2n) is 4.00. The molecule has 2 aromatic heterocycles. The van der Waals surface area contributed by atoms with Gasteiger partial charge in [-0.05, 0) is 18.6 Å². The zero-order valence-corrected chi connectivity index (χ0v) is 11.4. The van der Waals surface area contributed by atoms with Crippen molar-refractivity contribution in [3.8, 4) is 0 Å². The smallest absolute Gasteiger partial charge is 0.277 e. The van der Waals surface area contributed by atoms with Crippen molar-refractivity contribution in [1.29, 1.82) is 0 Å². The van der Waals surface area contributed by atoms with Crippen LogP contribution < -0.4 is 11.1 Å². The van der Waals surface area contributed by atoms with Crippen molar-refractivity contribution in [1.82, 2.24) is 14.8 Å². The monoisotopic (exact) mass is 279 g/mol. The van der Waals surface area contributed by atoms with Crippen molar-refractivity contribution < 1.29 is 4.79 Å². The van der Waals surface area contributed by atoms with Gasteiger partial charge in [0.1, 0.15) is 11.5 Å². The summed E-state index contributed by atoms with van der Waals surface area (Å²) in [5.41, 5.74) is 7.32. The van der Waals surface area contributed by atoms with E-state index in [0.717, 1.165) is 0 Å². The van der Waals surface area contributed by atoms with Crippen LogP contribution >= 0.6 is 11.6 Å². The Bertz CT molecular complexity index is 623. The third kappa shape index (κ3) is 2.68. The molecule has 6 nitrogen and oxygen atoms in total. The fraction of sp³-hybridized carbons (Fsp3) is 0.250. The van der Waals surface area contributed by atoms with E-state index in [1.165, 1.54) is 10.9 Å². The number of carbonyl (C=O) groups is 1. The Morgan fingerprint density at radius 2 is 2.32 bits per heavy atom. The average molecular weight is 280 g/mol.